The number of anilines is 1. The van der Waals surface area contributed by atoms with Gasteiger partial charge in [0.1, 0.15) is 6.10 Å². The zero-order valence-electron chi connectivity index (χ0n) is 20.4. The molecule has 1 unspecified atom stereocenters. The van der Waals surface area contributed by atoms with Crippen molar-refractivity contribution in [1.82, 2.24) is 19.3 Å². The summed E-state index contributed by atoms with van der Waals surface area (Å²) in [6.45, 7) is 5.18. The second kappa shape index (κ2) is 10.7. The van der Waals surface area contributed by atoms with E-state index in [0.29, 0.717) is 43.7 Å². The van der Waals surface area contributed by atoms with E-state index >= 15 is 0 Å². The number of hydrogen-bond acceptors (Lipinski definition) is 8. The van der Waals surface area contributed by atoms with Gasteiger partial charge < -0.3 is 15.2 Å². The first-order valence-electron chi connectivity index (χ1n) is 12.5. The van der Waals surface area contributed by atoms with E-state index in [0.717, 1.165) is 55.0 Å². The van der Waals surface area contributed by atoms with Gasteiger partial charge in [-0.3, -0.25) is 0 Å². The highest BCUT2D eigenvalue weighted by atomic mass is 32.2. The van der Waals surface area contributed by atoms with E-state index in [1.54, 1.807) is 6.20 Å². The molecule has 2 aromatic heterocycles. The minimum Gasteiger partial charge on any atom is -0.474 e. The van der Waals surface area contributed by atoms with Gasteiger partial charge in [-0.05, 0) is 57.8 Å². The first-order chi connectivity index (χ1) is 16.2. The molecule has 188 valence electrons. The lowest BCUT2D eigenvalue weighted by molar-refractivity contribution is 0.122. The third kappa shape index (κ3) is 5.95. The molecule has 2 aliphatic rings. The highest BCUT2D eigenvalue weighted by Gasteiger charge is 2.28. The normalized spacial score (nSPS) is 23.6. The lowest BCUT2D eigenvalue weighted by atomic mass is 9.83. The molecular formula is C24H37N5O4S. The minimum absolute atomic E-state index is 0.105. The van der Waals surface area contributed by atoms with E-state index in [-0.39, 0.29) is 18.2 Å². The van der Waals surface area contributed by atoms with Crippen LogP contribution in [-0.4, -0.2) is 70.4 Å². The molecule has 0 aromatic carbocycles. The van der Waals surface area contributed by atoms with Crippen LogP contribution in [-0.2, 0) is 10.0 Å². The molecule has 34 heavy (non-hydrogen) atoms. The molecule has 1 aliphatic heterocycles. The fraction of sp³-hybridized carbons (Fsp3) is 0.708. The number of fused-ring (bicyclic) bond motifs is 1. The number of nitrogens with zero attached hydrogens (tertiary/aromatic N) is 4. The zero-order valence-corrected chi connectivity index (χ0v) is 21.2. The maximum Gasteiger partial charge on any atom is 0.224 e. The van der Waals surface area contributed by atoms with Crippen molar-refractivity contribution in [1.29, 1.82) is 0 Å². The first kappa shape index (κ1) is 25.1. The number of hydrogen-bond donors (Lipinski definition) is 2. The quantitative estimate of drug-likeness (QED) is 0.577. The van der Waals surface area contributed by atoms with Crippen molar-refractivity contribution in [2.24, 2.45) is 0 Å². The van der Waals surface area contributed by atoms with E-state index < -0.39 is 10.0 Å². The summed E-state index contributed by atoms with van der Waals surface area (Å²) in [5.41, 5.74) is 1.93. The smallest absolute Gasteiger partial charge is 0.224 e. The lowest BCUT2D eigenvalue weighted by Gasteiger charge is -2.30. The van der Waals surface area contributed by atoms with Gasteiger partial charge in [0.05, 0.1) is 23.3 Å². The molecule has 0 bridgehead atoms. The van der Waals surface area contributed by atoms with Crippen molar-refractivity contribution in [3.63, 3.8) is 0 Å². The molecule has 9 nitrogen and oxygen atoms in total. The maximum absolute atomic E-state index is 11.8. The molecule has 2 N–H and O–H groups in total. The van der Waals surface area contributed by atoms with Gasteiger partial charge in [-0.2, -0.15) is 0 Å². The number of piperidine rings is 1. The summed E-state index contributed by atoms with van der Waals surface area (Å²) in [6.07, 6.45) is 11.3. The van der Waals surface area contributed by atoms with Crippen molar-refractivity contribution < 1.29 is 18.3 Å². The monoisotopic (exact) mass is 491 g/mol. The van der Waals surface area contributed by atoms with E-state index in [1.807, 2.05) is 6.20 Å². The molecule has 0 radical (unpaired) electrons. The van der Waals surface area contributed by atoms with Crippen LogP contribution in [0.15, 0.2) is 12.4 Å². The molecule has 4 rings (SSSR count). The number of sulfonamides is 1. The summed E-state index contributed by atoms with van der Waals surface area (Å²) in [7, 11) is -3.18. The Hall–Kier alpha value is -2.04. The molecule has 1 aliphatic carbocycles. The second-order valence-corrected chi connectivity index (χ2v) is 11.8. The van der Waals surface area contributed by atoms with Gasteiger partial charge in [-0.15, -0.1) is 0 Å². The Morgan fingerprint density at radius 3 is 2.50 bits per heavy atom. The Bertz CT molecular complexity index is 1080. The number of pyridine rings is 1. The molecule has 1 atom stereocenters. The van der Waals surface area contributed by atoms with Crippen molar-refractivity contribution >= 4 is 26.9 Å². The zero-order chi connectivity index (χ0) is 24.3. The molecular weight excluding hydrogens is 454 g/mol. The summed E-state index contributed by atoms with van der Waals surface area (Å²) >= 11 is 0. The number of rotatable bonds is 8. The largest absolute Gasteiger partial charge is 0.474 e. The van der Waals surface area contributed by atoms with Crippen molar-refractivity contribution in [3.05, 3.63) is 18.0 Å². The second-order valence-electron chi connectivity index (χ2n) is 9.79. The van der Waals surface area contributed by atoms with E-state index in [2.05, 4.69) is 29.1 Å². The Morgan fingerprint density at radius 2 is 1.85 bits per heavy atom. The molecule has 0 spiro atoms. The number of nitrogens with one attached hydrogen (secondary N) is 1. The molecule has 0 amide bonds. The third-order valence-electron chi connectivity index (χ3n) is 7.00. The van der Waals surface area contributed by atoms with Crippen LogP contribution < -0.4 is 10.1 Å². The summed E-state index contributed by atoms with van der Waals surface area (Å²) < 4.78 is 31.4. The van der Waals surface area contributed by atoms with Crippen LogP contribution in [0.2, 0.25) is 0 Å². The summed E-state index contributed by atoms with van der Waals surface area (Å²) in [4.78, 5) is 14.1. The molecule has 3 heterocycles. The fourth-order valence-corrected chi connectivity index (χ4v) is 5.91. The van der Waals surface area contributed by atoms with Gasteiger partial charge >= 0.3 is 0 Å². The first-order valence-corrected chi connectivity index (χ1v) is 14.3. The van der Waals surface area contributed by atoms with Crippen LogP contribution in [0, 0.1) is 0 Å². The van der Waals surface area contributed by atoms with Gasteiger partial charge in [0.15, 0.2) is 0 Å². The van der Waals surface area contributed by atoms with Gasteiger partial charge in [-0.1, -0.05) is 13.3 Å². The minimum atomic E-state index is -3.18. The molecule has 2 aromatic rings. The number of aromatic nitrogens is 3. The molecule has 2 fully saturated rings. The summed E-state index contributed by atoms with van der Waals surface area (Å²) in [5.74, 6) is 1.39. The predicted octanol–water partition coefficient (Wildman–Crippen LogP) is 3.45. The average molecular weight is 492 g/mol. The Kier molecular flexibility index (Phi) is 7.89. The fourth-order valence-electron chi connectivity index (χ4n) is 5.03. The number of ether oxygens (including phenoxy) is 1. The van der Waals surface area contributed by atoms with Crippen molar-refractivity contribution in [3.8, 4) is 5.88 Å². The van der Waals surface area contributed by atoms with Crippen LogP contribution in [0.4, 0.5) is 5.95 Å². The van der Waals surface area contributed by atoms with Crippen molar-refractivity contribution in [2.45, 2.75) is 89.4 Å². The van der Waals surface area contributed by atoms with Gasteiger partial charge in [-0.25, -0.2) is 27.7 Å². The lowest BCUT2D eigenvalue weighted by Crippen LogP contribution is -2.41. The van der Waals surface area contributed by atoms with Crippen LogP contribution >= 0.6 is 0 Å². The third-order valence-corrected chi connectivity index (χ3v) is 8.30. The Balaban J connectivity index is 1.61. The van der Waals surface area contributed by atoms with E-state index in [4.69, 9.17) is 9.72 Å². The molecule has 1 saturated heterocycles. The van der Waals surface area contributed by atoms with Crippen LogP contribution in [0.1, 0.15) is 76.7 Å². The van der Waals surface area contributed by atoms with Gasteiger partial charge in [0, 0.05) is 37.1 Å². The standard InChI is InChI=1S/C24H37N5O4S/c1-4-5-16(2)27-24-26-15-21-22(28-24)20(17-6-8-18(30)9-7-17)14-25-23(21)33-19-10-12-29(13-11-19)34(3,31)32/h14-19,30H,4-13H2,1-3H3,(H,26,27,28). The van der Waals surface area contributed by atoms with Crippen LogP contribution in [0.25, 0.3) is 10.9 Å². The van der Waals surface area contributed by atoms with Crippen LogP contribution in [0.3, 0.4) is 0 Å². The number of aliphatic hydroxyl groups is 1. The maximum atomic E-state index is 11.8. The predicted molar refractivity (Wildman–Crippen MR) is 133 cm³/mol. The average Bonchev–Trinajstić information content (AvgIpc) is 2.80. The Labute approximate surface area is 202 Å². The highest BCUT2D eigenvalue weighted by molar-refractivity contribution is 7.88. The molecule has 1 saturated carbocycles. The van der Waals surface area contributed by atoms with E-state index in [1.165, 1.54) is 10.6 Å². The summed E-state index contributed by atoms with van der Waals surface area (Å²) in [5, 5.41) is 14.2. The van der Waals surface area contributed by atoms with Crippen LogP contribution in [0.5, 0.6) is 5.88 Å². The SMILES string of the molecule is CCCC(C)Nc1ncc2c(OC3CCN(S(C)(=O)=O)CC3)ncc(C3CCC(O)CC3)c2n1. The van der Waals surface area contributed by atoms with Gasteiger partial charge in [0.25, 0.3) is 0 Å². The molecule has 10 heteroatoms. The number of aliphatic hydroxyl groups excluding tert-OH is 1. The highest BCUT2D eigenvalue weighted by Crippen LogP contribution is 2.38. The topological polar surface area (TPSA) is 118 Å². The summed E-state index contributed by atoms with van der Waals surface area (Å²) in [6, 6.07) is 0.272. The van der Waals surface area contributed by atoms with Crippen molar-refractivity contribution in [2.75, 3.05) is 24.7 Å². The van der Waals surface area contributed by atoms with Gasteiger partial charge in [0.2, 0.25) is 21.9 Å². The van der Waals surface area contributed by atoms with E-state index in [9.17, 15) is 13.5 Å². The Morgan fingerprint density at radius 1 is 1.15 bits per heavy atom.